The molecule has 6 nitrogen and oxygen atoms in total. The molecule has 0 bridgehead atoms. The second-order valence-corrected chi connectivity index (χ2v) is 4.72. The highest BCUT2D eigenvalue weighted by molar-refractivity contribution is 6.31. The van der Waals surface area contributed by atoms with Crippen LogP contribution in [-0.2, 0) is 23.8 Å². The Balaban J connectivity index is 1.86. The Kier molecular flexibility index (Phi) is 5.05. The first-order valence-corrected chi connectivity index (χ1v) is 6.62. The molecule has 2 rings (SSSR count). The fourth-order valence-electron chi connectivity index (χ4n) is 1.59. The van der Waals surface area contributed by atoms with Gasteiger partial charge in [0.05, 0.1) is 0 Å². The third-order valence-electron chi connectivity index (χ3n) is 2.66. The minimum Gasteiger partial charge on any atom is -0.493 e. The number of esters is 1. The molecule has 0 aliphatic carbocycles. The van der Waals surface area contributed by atoms with E-state index < -0.39 is 18.5 Å². The third-order valence-corrected chi connectivity index (χ3v) is 2.89. The van der Waals surface area contributed by atoms with E-state index in [-0.39, 0.29) is 12.4 Å². The van der Waals surface area contributed by atoms with E-state index in [9.17, 15) is 9.59 Å². The summed E-state index contributed by atoms with van der Waals surface area (Å²) >= 11 is 5.85. The smallest absolute Gasteiger partial charge is 0.377 e. The molecule has 0 saturated carbocycles. The van der Waals surface area contributed by atoms with Crippen molar-refractivity contribution in [2.45, 2.75) is 6.92 Å². The summed E-state index contributed by atoms with van der Waals surface area (Å²) in [7, 11) is 0. The summed E-state index contributed by atoms with van der Waals surface area (Å²) in [6.07, 6.45) is 1.17. The van der Waals surface area contributed by atoms with Gasteiger partial charge in [0.2, 0.25) is 5.76 Å². The number of anilines is 1. The van der Waals surface area contributed by atoms with E-state index in [0.717, 1.165) is 5.56 Å². The van der Waals surface area contributed by atoms with Gasteiger partial charge >= 0.3 is 5.97 Å². The van der Waals surface area contributed by atoms with Crippen molar-refractivity contribution in [2.24, 2.45) is 0 Å². The van der Waals surface area contributed by atoms with E-state index in [2.05, 4.69) is 5.32 Å². The van der Waals surface area contributed by atoms with Gasteiger partial charge in [-0.15, -0.1) is 0 Å². The summed E-state index contributed by atoms with van der Waals surface area (Å²) in [5.74, 6) is -1.26. The minimum atomic E-state index is -0.743. The van der Waals surface area contributed by atoms with Crippen LogP contribution in [-0.4, -0.2) is 31.7 Å². The zero-order chi connectivity index (χ0) is 15.2. The molecule has 7 heteroatoms. The molecule has 1 aliphatic heterocycles. The van der Waals surface area contributed by atoms with Gasteiger partial charge in [-0.05, 0) is 24.6 Å². The Morgan fingerprint density at radius 1 is 1.38 bits per heavy atom. The largest absolute Gasteiger partial charge is 0.493 e. The average Bonchev–Trinajstić information content (AvgIpc) is 2.49. The normalized spacial score (nSPS) is 13.5. The molecule has 0 fully saturated rings. The number of hydrogen-bond donors (Lipinski definition) is 1. The summed E-state index contributed by atoms with van der Waals surface area (Å²) in [4.78, 5) is 23.3. The highest BCUT2D eigenvalue weighted by Crippen LogP contribution is 2.20. The Labute approximate surface area is 126 Å². The topological polar surface area (TPSA) is 73.9 Å². The maximum atomic E-state index is 11.7. The van der Waals surface area contributed by atoms with E-state index in [0.29, 0.717) is 17.3 Å². The molecule has 1 aromatic carbocycles. The quantitative estimate of drug-likeness (QED) is 0.861. The number of carbonyl (C=O) groups excluding carboxylic acids is 2. The van der Waals surface area contributed by atoms with Gasteiger partial charge in [0.1, 0.15) is 19.5 Å². The van der Waals surface area contributed by atoms with Gasteiger partial charge in [-0.1, -0.05) is 17.7 Å². The fraction of sp³-hybridized carbons (Fsp3) is 0.286. The van der Waals surface area contributed by atoms with Crippen LogP contribution in [0.4, 0.5) is 5.69 Å². The number of benzene rings is 1. The summed E-state index contributed by atoms with van der Waals surface area (Å²) in [5, 5.41) is 3.12. The SMILES string of the molecule is Cc1ccc(Cl)cc1NC(=O)COC(=O)C1=COCCO1. The number of hydrogen-bond acceptors (Lipinski definition) is 5. The lowest BCUT2D eigenvalue weighted by Gasteiger charge is -2.14. The maximum absolute atomic E-state index is 11.7. The lowest BCUT2D eigenvalue weighted by atomic mass is 10.2. The molecule has 112 valence electrons. The minimum absolute atomic E-state index is 0.0482. The first-order valence-electron chi connectivity index (χ1n) is 6.24. The van der Waals surface area contributed by atoms with Crippen LogP contribution in [0.1, 0.15) is 5.56 Å². The van der Waals surface area contributed by atoms with Crippen molar-refractivity contribution in [1.29, 1.82) is 0 Å². The lowest BCUT2D eigenvalue weighted by Crippen LogP contribution is -2.24. The van der Waals surface area contributed by atoms with Gasteiger partial charge in [-0.2, -0.15) is 0 Å². The van der Waals surface area contributed by atoms with Gasteiger partial charge in [-0.3, -0.25) is 4.79 Å². The van der Waals surface area contributed by atoms with Crippen LogP contribution in [0.15, 0.2) is 30.2 Å². The molecule has 1 aliphatic rings. The molecule has 0 spiro atoms. The molecule has 1 amide bonds. The molecule has 0 atom stereocenters. The van der Waals surface area contributed by atoms with E-state index in [1.54, 1.807) is 18.2 Å². The van der Waals surface area contributed by atoms with Crippen LogP contribution in [0, 0.1) is 6.92 Å². The van der Waals surface area contributed by atoms with Crippen molar-refractivity contribution in [3.63, 3.8) is 0 Å². The number of ether oxygens (including phenoxy) is 3. The Bertz CT molecular complexity index is 585. The molecule has 0 saturated heterocycles. The molecular formula is C14H14ClNO5. The predicted octanol–water partition coefficient (Wildman–Crippen LogP) is 2.02. The molecule has 1 aromatic rings. The van der Waals surface area contributed by atoms with Crippen molar-refractivity contribution in [3.8, 4) is 0 Å². The highest BCUT2D eigenvalue weighted by Gasteiger charge is 2.18. The molecule has 1 heterocycles. The number of amides is 1. The molecule has 21 heavy (non-hydrogen) atoms. The van der Waals surface area contributed by atoms with Crippen LogP contribution in [0.25, 0.3) is 0 Å². The van der Waals surface area contributed by atoms with Crippen LogP contribution in [0.5, 0.6) is 0 Å². The molecule has 1 N–H and O–H groups in total. The first kappa shape index (κ1) is 15.2. The van der Waals surface area contributed by atoms with Crippen molar-refractivity contribution in [2.75, 3.05) is 25.1 Å². The highest BCUT2D eigenvalue weighted by atomic mass is 35.5. The summed E-state index contributed by atoms with van der Waals surface area (Å²) < 4.78 is 14.8. The maximum Gasteiger partial charge on any atom is 0.377 e. The zero-order valence-corrected chi connectivity index (χ0v) is 12.1. The summed E-state index contributed by atoms with van der Waals surface area (Å²) in [6, 6.07) is 5.12. The molecular weight excluding hydrogens is 298 g/mol. The fourth-order valence-corrected chi connectivity index (χ4v) is 1.76. The lowest BCUT2D eigenvalue weighted by molar-refractivity contribution is -0.148. The third kappa shape index (κ3) is 4.39. The monoisotopic (exact) mass is 311 g/mol. The van der Waals surface area contributed by atoms with E-state index in [1.807, 2.05) is 6.92 Å². The second kappa shape index (κ2) is 6.99. The van der Waals surface area contributed by atoms with E-state index in [4.69, 9.17) is 25.8 Å². The number of halogens is 1. The van der Waals surface area contributed by atoms with Crippen molar-refractivity contribution >= 4 is 29.2 Å². The Morgan fingerprint density at radius 3 is 2.90 bits per heavy atom. The van der Waals surface area contributed by atoms with Crippen molar-refractivity contribution < 1.29 is 23.8 Å². The number of carbonyl (C=O) groups is 2. The van der Waals surface area contributed by atoms with Crippen molar-refractivity contribution in [3.05, 3.63) is 40.8 Å². The van der Waals surface area contributed by atoms with Crippen LogP contribution < -0.4 is 5.32 Å². The van der Waals surface area contributed by atoms with E-state index in [1.165, 1.54) is 6.26 Å². The Hall–Kier alpha value is -2.21. The van der Waals surface area contributed by atoms with Gasteiger partial charge in [0.15, 0.2) is 6.61 Å². The van der Waals surface area contributed by atoms with Crippen LogP contribution in [0.2, 0.25) is 5.02 Å². The molecule has 0 radical (unpaired) electrons. The number of rotatable bonds is 4. The van der Waals surface area contributed by atoms with Gasteiger partial charge in [-0.25, -0.2) is 4.79 Å². The van der Waals surface area contributed by atoms with Crippen LogP contribution in [0.3, 0.4) is 0 Å². The van der Waals surface area contributed by atoms with Crippen molar-refractivity contribution in [1.82, 2.24) is 0 Å². The van der Waals surface area contributed by atoms with Crippen LogP contribution >= 0.6 is 11.6 Å². The first-order chi connectivity index (χ1) is 10.1. The van der Waals surface area contributed by atoms with Gasteiger partial charge in [0, 0.05) is 10.7 Å². The second-order valence-electron chi connectivity index (χ2n) is 4.28. The summed E-state index contributed by atoms with van der Waals surface area (Å²) in [5.41, 5.74) is 1.42. The number of nitrogens with one attached hydrogen (secondary N) is 1. The Morgan fingerprint density at radius 2 is 2.19 bits per heavy atom. The molecule has 0 unspecified atom stereocenters. The van der Waals surface area contributed by atoms with Gasteiger partial charge < -0.3 is 19.5 Å². The number of aryl methyl sites for hydroxylation is 1. The van der Waals surface area contributed by atoms with E-state index >= 15 is 0 Å². The van der Waals surface area contributed by atoms with Gasteiger partial charge in [0.25, 0.3) is 5.91 Å². The molecule has 0 aromatic heterocycles. The zero-order valence-electron chi connectivity index (χ0n) is 11.3. The predicted molar refractivity (Wildman–Crippen MR) is 75.8 cm³/mol. The summed E-state index contributed by atoms with van der Waals surface area (Å²) in [6.45, 7) is 2.06. The standard InChI is InChI=1S/C14H14ClNO5/c1-9-2-3-10(15)6-11(9)16-13(17)8-21-14(18)12-7-19-4-5-20-12/h2-3,6-7H,4-5,8H2,1H3,(H,16,17). The average molecular weight is 312 g/mol.